The molecule has 17 heavy (non-hydrogen) atoms. The first kappa shape index (κ1) is 17.3. The van der Waals surface area contributed by atoms with E-state index in [2.05, 4.69) is 38.1 Å². The number of aryl methyl sites for hydroxylation is 1. The van der Waals surface area contributed by atoms with E-state index in [1.165, 1.54) is 11.1 Å². The van der Waals surface area contributed by atoms with Crippen molar-refractivity contribution < 1.29 is 61.3 Å². The van der Waals surface area contributed by atoms with Crippen molar-refractivity contribution in [3.8, 4) is 0 Å². The summed E-state index contributed by atoms with van der Waals surface area (Å²) in [5.41, 5.74) is 2.55. The molecule has 0 N–H and O–H groups in total. The van der Waals surface area contributed by atoms with Gasteiger partial charge in [-0.25, -0.2) is 0 Å². The van der Waals surface area contributed by atoms with Crippen LogP contribution in [0.1, 0.15) is 37.8 Å². The second kappa shape index (κ2) is 9.28. The van der Waals surface area contributed by atoms with Crippen molar-refractivity contribution in [1.82, 2.24) is 0 Å². The van der Waals surface area contributed by atoms with Crippen molar-refractivity contribution in [3.05, 3.63) is 35.4 Å². The molecule has 0 atom stereocenters. The van der Waals surface area contributed by atoms with E-state index in [4.69, 9.17) is 0 Å². The summed E-state index contributed by atoms with van der Waals surface area (Å²) in [5.74, 6) is -0.291. The number of carbonyl (C=O) groups is 1. The molecule has 0 radical (unpaired) electrons. The standard InChI is InChI=1S/C14H20O2.K/c1-11(2)10-13-8-6-12(7-9-13)4-3-5-14(15)16;/h6-9,11H,3-5,10H2,1-2H3,(H,15,16);/q;+1/p-1. The Morgan fingerprint density at radius 3 is 2.18 bits per heavy atom. The van der Waals surface area contributed by atoms with Gasteiger partial charge in [-0.05, 0) is 42.7 Å². The predicted octanol–water partition coefficient (Wildman–Crippen LogP) is -1.04. The third-order valence-corrected chi connectivity index (χ3v) is 2.51. The van der Waals surface area contributed by atoms with Crippen molar-refractivity contribution in [2.24, 2.45) is 5.92 Å². The largest absolute Gasteiger partial charge is 1.00 e. The zero-order valence-electron chi connectivity index (χ0n) is 11.0. The van der Waals surface area contributed by atoms with Gasteiger partial charge in [0, 0.05) is 5.97 Å². The monoisotopic (exact) mass is 258 g/mol. The first-order valence-corrected chi connectivity index (χ1v) is 5.85. The van der Waals surface area contributed by atoms with Gasteiger partial charge in [0.05, 0.1) is 0 Å². The molecule has 0 bridgehead atoms. The van der Waals surface area contributed by atoms with E-state index in [9.17, 15) is 9.90 Å². The van der Waals surface area contributed by atoms with Gasteiger partial charge in [-0.3, -0.25) is 0 Å². The third kappa shape index (κ3) is 8.11. The molecule has 0 aliphatic rings. The number of carbonyl (C=O) groups excluding carboxylic acids is 1. The summed E-state index contributed by atoms with van der Waals surface area (Å²) >= 11 is 0. The van der Waals surface area contributed by atoms with Crippen LogP contribution in [0.5, 0.6) is 0 Å². The van der Waals surface area contributed by atoms with Crippen LogP contribution >= 0.6 is 0 Å². The summed E-state index contributed by atoms with van der Waals surface area (Å²) in [7, 11) is 0. The molecular formula is C14H19KO2. The Hall–Kier alpha value is 0.326. The molecular weight excluding hydrogens is 239 g/mol. The minimum atomic E-state index is -0.962. The number of hydrogen-bond acceptors (Lipinski definition) is 2. The number of rotatable bonds is 6. The fourth-order valence-corrected chi connectivity index (χ4v) is 1.75. The van der Waals surface area contributed by atoms with E-state index in [1.807, 2.05) is 0 Å². The zero-order valence-corrected chi connectivity index (χ0v) is 14.2. The molecule has 0 saturated carbocycles. The van der Waals surface area contributed by atoms with Crippen molar-refractivity contribution in [1.29, 1.82) is 0 Å². The molecule has 88 valence electrons. The molecule has 0 spiro atoms. The molecule has 1 aromatic rings. The molecule has 0 fully saturated rings. The normalized spacial score (nSPS) is 10.1. The molecule has 1 rings (SSSR count). The Balaban J connectivity index is 0.00000256. The van der Waals surface area contributed by atoms with E-state index in [-0.39, 0.29) is 57.8 Å². The van der Waals surface area contributed by atoms with Crippen molar-refractivity contribution >= 4 is 5.97 Å². The van der Waals surface area contributed by atoms with Gasteiger partial charge in [0.15, 0.2) is 0 Å². The second-order valence-electron chi connectivity index (χ2n) is 4.64. The van der Waals surface area contributed by atoms with Crippen LogP contribution in [0.4, 0.5) is 0 Å². The predicted molar refractivity (Wildman–Crippen MR) is 62.9 cm³/mol. The van der Waals surface area contributed by atoms with E-state index >= 15 is 0 Å². The Morgan fingerprint density at radius 2 is 1.71 bits per heavy atom. The van der Waals surface area contributed by atoms with Crippen LogP contribution in [-0.4, -0.2) is 5.97 Å². The number of hydrogen-bond donors (Lipinski definition) is 0. The summed E-state index contributed by atoms with van der Waals surface area (Å²) < 4.78 is 0. The molecule has 1 aromatic carbocycles. The summed E-state index contributed by atoms with van der Waals surface area (Å²) in [6, 6.07) is 8.45. The molecule has 2 nitrogen and oxygen atoms in total. The molecule has 0 unspecified atom stereocenters. The third-order valence-electron chi connectivity index (χ3n) is 2.51. The fourth-order valence-electron chi connectivity index (χ4n) is 1.75. The average Bonchev–Trinajstić information content (AvgIpc) is 2.19. The number of carboxylic acid groups (broad SMARTS) is 1. The molecule has 0 aliphatic heterocycles. The summed E-state index contributed by atoms with van der Waals surface area (Å²) in [6.45, 7) is 4.40. The van der Waals surface area contributed by atoms with Gasteiger partial charge in [-0.15, -0.1) is 0 Å². The van der Waals surface area contributed by atoms with Crippen LogP contribution in [0.2, 0.25) is 0 Å². The summed E-state index contributed by atoms with van der Waals surface area (Å²) in [6.07, 6.45) is 2.72. The minimum absolute atomic E-state index is 0. The number of benzene rings is 1. The maximum atomic E-state index is 10.3. The van der Waals surface area contributed by atoms with E-state index in [1.54, 1.807) is 0 Å². The molecule has 0 aliphatic carbocycles. The van der Waals surface area contributed by atoms with Crippen LogP contribution < -0.4 is 56.5 Å². The maximum Gasteiger partial charge on any atom is 1.00 e. The summed E-state index contributed by atoms with van der Waals surface area (Å²) in [4.78, 5) is 10.3. The summed E-state index contributed by atoms with van der Waals surface area (Å²) in [5, 5.41) is 10.3. The van der Waals surface area contributed by atoms with Gasteiger partial charge < -0.3 is 9.90 Å². The molecule has 0 amide bonds. The Morgan fingerprint density at radius 1 is 1.18 bits per heavy atom. The van der Waals surface area contributed by atoms with Crippen molar-refractivity contribution in [2.45, 2.75) is 39.5 Å². The second-order valence-corrected chi connectivity index (χ2v) is 4.64. The van der Waals surface area contributed by atoms with E-state index in [0.29, 0.717) is 12.3 Å². The van der Waals surface area contributed by atoms with Gasteiger partial charge in [-0.1, -0.05) is 38.1 Å². The quantitative estimate of drug-likeness (QED) is 0.612. The van der Waals surface area contributed by atoms with Gasteiger partial charge in [-0.2, -0.15) is 0 Å². The molecule has 0 heterocycles. The van der Waals surface area contributed by atoms with Crippen LogP contribution in [0.25, 0.3) is 0 Å². The average molecular weight is 258 g/mol. The first-order valence-electron chi connectivity index (χ1n) is 5.85. The number of carboxylic acids is 1. The van der Waals surface area contributed by atoms with Crippen LogP contribution in [-0.2, 0) is 17.6 Å². The smallest absolute Gasteiger partial charge is 0.550 e. The Kier molecular flexibility index (Phi) is 9.46. The van der Waals surface area contributed by atoms with Crippen LogP contribution in [0.15, 0.2) is 24.3 Å². The zero-order chi connectivity index (χ0) is 12.0. The van der Waals surface area contributed by atoms with Crippen LogP contribution in [0, 0.1) is 5.92 Å². The van der Waals surface area contributed by atoms with Crippen molar-refractivity contribution in [2.75, 3.05) is 0 Å². The maximum absolute atomic E-state index is 10.3. The number of aliphatic carboxylic acids is 1. The first-order chi connectivity index (χ1) is 7.58. The Labute approximate surface area is 146 Å². The molecule has 0 aromatic heterocycles. The van der Waals surface area contributed by atoms with E-state index < -0.39 is 5.97 Å². The molecule has 3 heteroatoms. The van der Waals surface area contributed by atoms with E-state index in [0.717, 1.165) is 12.8 Å². The minimum Gasteiger partial charge on any atom is -0.550 e. The van der Waals surface area contributed by atoms with Crippen molar-refractivity contribution in [3.63, 3.8) is 0 Å². The van der Waals surface area contributed by atoms with Gasteiger partial charge in [0.1, 0.15) is 0 Å². The molecule has 0 saturated heterocycles. The van der Waals surface area contributed by atoms with Crippen LogP contribution in [0.3, 0.4) is 0 Å². The Bertz CT molecular complexity index is 331. The fraction of sp³-hybridized carbons (Fsp3) is 0.500. The SMILES string of the molecule is CC(C)Cc1ccc(CCCC(=O)[O-])cc1.[K+]. The van der Waals surface area contributed by atoms with Gasteiger partial charge >= 0.3 is 51.4 Å². The van der Waals surface area contributed by atoms with Gasteiger partial charge in [0.2, 0.25) is 0 Å². The topological polar surface area (TPSA) is 40.1 Å². The van der Waals surface area contributed by atoms with Gasteiger partial charge in [0.25, 0.3) is 0 Å².